The summed E-state index contributed by atoms with van der Waals surface area (Å²) in [7, 11) is 0. The Labute approximate surface area is 156 Å². The monoisotopic (exact) mass is 364 g/mol. The average Bonchev–Trinajstić information content (AvgIpc) is 3.18. The fourth-order valence-electron chi connectivity index (χ4n) is 3.42. The van der Waals surface area contributed by atoms with Gasteiger partial charge in [-0.1, -0.05) is 25.1 Å². The summed E-state index contributed by atoms with van der Waals surface area (Å²) in [5, 5.41) is 0. The molecular formula is C21H20N2O4. The van der Waals surface area contributed by atoms with Crippen LogP contribution in [0, 0.1) is 0 Å². The molecule has 0 aliphatic carbocycles. The van der Waals surface area contributed by atoms with E-state index in [2.05, 4.69) is 4.98 Å². The van der Waals surface area contributed by atoms with Crippen molar-refractivity contribution in [2.24, 2.45) is 0 Å². The van der Waals surface area contributed by atoms with Gasteiger partial charge in [0.25, 0.3) is 5.91 Å². The number of hydrogen-bond donors (Lipinski definition) is 0. The maximum Gasteiger partial charge on any atom is 0.339 e. The summed E-state index contributed by atoms with van der Waals surface area (Å²) in [6.07, 6.45) is 2.76. The zero-order chi connectivity index (χ0) is 18.8. The lowest BCUT2D eigenvalue weighted by molar-refractivity contribution is -0.127. The van der Waals surface area contributed by atoms with E-state index in [0.717, 1.165) is 24.1 Å². The molecule has 1 aliphatic heterocycles. The van der Waals surface area contributed by atoms with Crippen molar-refractivity contribution in [3.8, 4) is 0 Å². The molecule has 0 spiro atoms. The predicted molar refractivity (Wildman–Crippen MR) is 101 cm³/mol. The molecule has 2 heterocycles. The van der Waals surface area contributed by atoms with Crippen LogP contribution < -0.4 is 4.90 Å². The van der Waals surface area contributed by atoms with E-state index in [4.69, 9.17) is 9.15 Å². The number of nitrogens with zero attached hydrogens (tertiary/aromatic N) is 2. The largest absolute Gasteiger partial charge is 0.449 e. The molecule has 1 amide bonds. The molecule has 0 saturated heterocycles. The Balaban J connectivity index is 1.53. The summed E-state index contributed by atoms with van der Waals surface area (Å²) in [5.41, 5.74) is 3.57. The van der Waals surface area contributed by atoms with Crippen LogP contribution in [0.15, 0.2) is 53.3 Å². The number of benzene rings is 2. The number of esters is 1. The van der Waals surface area contributed by atoms with Crippen LogP contribution in [0.4, 0.5) is 5.69 Å². The van der Waals surface area contributed by atoms with Crippen LogP contribution in [0.5, 0.6) is 0 Å². The predicted octanol–water partition coefficient (Wildman–Crippen LogP) is 3.74. The molecule has 138 valence electrons. The van der Waals surface area contributed by atoms with Crippen molar-refractivity contribution in [3.05, 3.63) is 60.0 Å². The minimum atomic E-state index is -0.825. The third kappa shape index (κ3) is 3.30. The molecule has 1 aromatic heterocycles. The lowest BCUT2D eigenvalue weighted by Crippen LogP contribution is -2.43. The van der Waals surface area contributed by atoms with Crippen molar-refractivity contribution in [1.29, 1.82) is 0 Å². The number of para-hydroxylation sites is 1. The summed E-state index contributed by atoms with van der Waals surface area (Å²) >= 11 is 0. The molecule has 2 aromatic carbocycles. The van der Waals surface area contributed by atoms with Crippen molar-refractivity contribution in [1.82, 2.24) is 4.98 Å². The fraction of sp³-hybridized carbons (Fsp3) is 0.286. The van der Waals surface area contributed by atoms with Gasteiger partial charge in [0.2, 0.25) is 0 Å². The van der Waals surface area contributed by atoms with Gasteiger partial charge < -0.3 is 14.1 Å². The van der Waals surface area contributed by atoms with Crippen LogP contribution in [0.25, 0.3) is 11.1 Å². The molecule has 1 aliphatic rings. The molecule has 1 unspecified atom stereocenters. The summed E-state index contributed by atoms with van der Waals surface area (Å²) in [6.45, 7) is 2.47. The molecule has 6 heteroatoms. The first kappa shape index (κ1) is 17.3. The number of amides is 1. The molecule has 4 rings (SSSR count). The van der Waals surface area contributed by atoms with E-state index in [1.54, 1.807) is 23.1 Å². The normalized spacial score (nSPS) is 14.6. The zero-order valence-corrected chi connectivity index (χ0v) is 15.1. The standard InChI is InChI=1S/C21H20N2O4/c1-2-18(20(24)23-11-5-7-14-6-3-4-8-17(14)23)27-21(25)15-9-10-16-19(12-15)26-13-22-16/h3-4,6,8-10,12-13,18H,2,5,7,11H2,1H3. The molecule has 27 heavy (non-hydrogen) atoms. The number of aromatic nitrogens is 1. The number of anilines is 1. The van der Waals surface area contributed by atoms with Crippen molar-refractivity contribution in [2.75, 3.05) is 11.4 Å². The third-order valence-corrected chi connectivity index (χ3v) is 4.84. The highest BCUT2D eigenvalue weighted by atomic mass is 16.5. The fourth-order valence-corrected chi connectivity index (χ4v) is 3.42. The van der Waals surface area contributed by atoms with Crippen LogP contribution in [-0.2, 0) is 16.0 Å². The van der Waals surface area contributed by atoms with Crippen LogP contribution in [0.1, 0.15) is 35.7 Å². The Morgan fingerprint density at radius 1 is 1.26 bits per heavy atom. The van der Waals surface area contributed by atoms with Crippen molar-refractivity contribution >= 4 is 28.7 Å². The van der Waals surface area contributed by atoms with E-state index < -0.39 is 12.1 Å². The average molecular weight is 364 g/mol. The number of rotatable bonds is 4. The maximum absolute atomic E-state index is 13.1. The Morgan fingerprint density at radius 3 is 2.96 bits per heavy atom. The maximum atomic E-state index is 13.1. The minimum absolute atomic E-state index is 0.182. The van der Waals surface area contributed by atoms with Gasteiger partial charge in [0.15, 0.2) is 18.1 Å². The number of ether oxygens (including phenoxy) is 1. The summed E-state index contributed by atoms with van der Waals surface area (Å²) in [5.74, 6) is -0.725. The molecule has 3 aromatic rings. The quantitative estimate of drug-likeness (QED) is 0.660. The van der Waals surface area contributed by atoms with E-state index in [0.29, 0.717) is 29.6 Å². The zero-order valence-electron chi connectivity index (χ0n) is 15.1. The first-order valence-corrected chi connectivity index (χ1v) is 9.11. The molecule has 0 saturated carbocycles. The third-order valence-electron chi connectivity index (χ3n) is 4.84. The number of aryl methyl sites for hydroxylation is 1. The van der Waals surface area contributed by atoms with Gasteiger partial charge in [-0.25, -0.2) is 9.78 Å². The van der Waals surface area contributed by atoms with Gasteiger partial charge in [0.05, 0.1) is 5.56 Å². The number of hydrogen-bond acceptors (Lipinski definition) is 5. The van der Waals surface area contributed by atoms with Gasteiger partial charge in [0.1, 0.15) is 5.52 Å². The van der Waals surface area contributed by atoms with Gasteiger partial charge in [0, 0.05) is 12.2 Å². The number of oxazole rings is 1. The minimum Gasteiger partial charge on any atom is -0.449 e. The van der Waals surface area contributed by atoms with Gasteiger partial charge in [-0.15, -0.1) is 0 Å². The smallest absolute Gasteiger partial charge is 0.339 e. The molecule has 0 radical (unpaired) electrons. The second-order valence-electron chi connectivity index (χ2n) is 6.56. The van der Waals surface area contributed by atoms with E-state index in [1.807, 2.05) is 31.2 Å². The second kappa shape index (κ2) is 7.23. The number of fused-ring (bicyclic) bond motifs is 2. The molecule has 0 fully saturated rings. The highest BCUT2D eigenvalue weighted by molar-refractivity contribution is 6.00. The molecule has 1 atom stereocenters. The highest BCUT2D eigenvalue weighted by Crippen LogP contribution is 2.28. The van der Waals surface area contributed by atoms with Crippen LogP contribution in [0.3, 0.4) is 0 Å². The number of carbonyl (C=O) groups is 2. The summed E-state index contributed by atoms with van der Waals surface area (Å²) < 4.78 is 10.8. The van der Waals surface area contributed by atoms with Gasteiger partial charge in [-0.3, -0.25) is 4.79 Å². The molecule has 0 N–H and O–H groups in total. The highest BCUT2D eigenvalue weighted by Gasteiger charge is 2.30. The van der Waals surface area contributed by atoms with Crippen molar-refractivity contribution in [3.63, 3.8) is 0 Å². The van der Waals surface area contributed by atoms with E-state index >= 15 is 0 Å². The topological polar surface area (TPSA) is 72.6 Å². The first-order valence-electron chi connectivity index (χ1n) is 9.11. The van der Waals surface area contributed by atoms with Gasteiger partial charge in [-0.2, -0.15) is 0 Å². The lowest BCUT2D eigenvalue weighted by atomic mass is 10.0. The molecule has 6 nitrogen and oxygen atoms in total. The first-order chi connectivity index (χ1) is 13.2. The molecule has 0 bridgehead atoms. The van der Waals surface area contributed by atoms with Crippen molar-refractivity contribution in [2.45, 2.75) is 32.3 Å². The Kier molecular flexibility index (Phi) is 4.62. The SMILES string of the molecule is CCC(OC(=O)c1ccc2ncoc2c1)C(=O)N1CCCc2ccccc21. The van der Waals surface area contributed by atoms with E-state index in [-0.39, 0.29) is 5.91 Å². The van der Waals surface area contributed by atoms with Gasteiger partial charge in [-0.05, 0) is 49.1 Å². The van der Waals surface area contributed by atoms with Crippen LogP contribution in [0.2, 0.25) is 0 Å². The van der Waals surface area contributed by atoms with Crippen molar-refractivity contribution < 1.29 is 18.7 Å². The van der Waals surface area contributed by atoms with E-state index in [1.165, 1.54) is 6.39 Å². The lowest BCUT2D eigenvalue weighted by Gasteiger charge is -2.31. The number of carbonyl (C=O) groups excluding carboxylic acids is 2. The Hall–Kier alpha value is -3.15. The van der Waals surface area contributed by atoms with E-state index in [9.17, 15) is 9.59 Å². The summed E-state index contributed by atoms with van der Waals surface area (Å²) in [4.78, 5) is 31.4. The molecular weight excluding hydrogens is 344 g/mol. The Bertz CT molecular complexity index is 995. The van der Waals surface area contributed by atoms with Gasteiger partial charge >= 0.3 is 5.97 Å². The summed E-state index contributed by atoms with van der Waals surface area (Å²) in [6, 6.07) is 12.8. The van der Waals surface area contributed by atoms with Crippen LogP contribution in [-0.4, -0.2) is 29.5 Å². The van der Waals surface area contributed by atoms with Crippen LogP contribution >= 0.6 is 0 Å². The Morgan fingerprint density at radius 2 is 2.11 bits per heavy atom. The second-order valence-corrected chi connectivity index (χ2v) is 6.56.